The second-order valence-electron chi connectivity index (χ2n) is 5.93. The molecule has 104 valence electrons. The van der Waals surface area contributed by atoms with Crippen LogP contribution in [0.3, 0.4) is 0 Å². The zero-order valence-electron chi connectivity index (χ0n) is 11.4. The maximum atomic E-state index is 14.1. The first kappa shape index (κ1) is 13.0. The van der Waals surface area contributed by atoms with Crippen LogP contribution in [0.1, 0.15) is 24.0 Å². The first-order valence-electron chi connectivity index (χ1n) is 6.78. The highest BCUT2D eigenvalue weighted by molar-refractivity contribution is 5.29. The second-order valence-corrected chi connectivity index (χ2v) is 5.93. The van der Waals surface area contributed by atoms with Crippen LogP contribution in [-0.2, 0) is 10.3 Å². The Morgan fingerprint density at radius 2 is 1.95 bits per heavy atom. The van der Waals surface area contributed by atoms with Crippen molar-refractivity contribution in [2.24, 2.45) is 0 Å². The van der Waals surface area contributed by atoms with Crippen LogP contribution in [0.15, 0.2) is 18.2 Å². The van der Waals surface area contributed by atoms with Crippen molar-refractivity contribution in [1.82, 2.24) is 4.90 Å². The fourth-order valence-electron chi connectivity index (χ4n) is 3.36. The summed E-state index contributed by atoms with van der Waals surface area (Å²) in [4.78, 5) is 2.25. The van der Waals surface area contributed by atoms with Crippen molar-refractivity contribution in [3.8, 4) is 0 Å². The number of piperidine rings is 1. The lowest BCUT2D eigenvalue weighted by atomic mass is 9.77. The van der Waals surface area contributed by atoms with E-state index in [1.165, 1.54) is 6.07 Å². The molecular weight excluding hydrogens is 245 g/mol. The molecule has 0 aromatic heterocycles. The second kappa shape index (κ2) is 4.54. The summed E-state index contributed by atoms with van der Waals surface area (Å²) in [5.41, 5.74) is 0.244. The predicted octanol–water partition coefficient (Wildman–Crippen LogP) is 1.81. The van der Waals surface area contributed by atoms with Gasteiger partial charge in [-0.25, -0.2) is 4.39 Å². The third-order valence-electron chi connectivity index (χ3n) is 4.54. The lowest BCUT2D eigenvalue weighted by Crippen LogP contribution is -2.59. The molecule has 0 saturated carbocycles. The van der Waals surface area contributed by atoms with Crippen molar-refractivity contribution >= 4 is 0 Å². The molecule has 0 radical (unpaired) electrons. The van der Waals surface area contributed by atoms with Gasteiger partial charge in [0, 0.05) is 17.6 Å². The highest BCUT2D eigenvalue weighted by atomic mass is 19.1. The third kappa shape index (κ3) is 2.18. The Morgan fingerprint density at radius 1 is 1.32 bits per heavy atom. The quantitative estimate of drug-likeness (QED) is 0.840. The van der Waals surface area contributed by atoms with E-state index >= 15 is 0 Å². The number of aliphatic hydroxyl groups is 1. The summed E-state index contributed by atoms with van der Waals surface area (Å²) in [6.45, 7) is 3.08. The van der Waals surface area contributed by atoms with Gasteiger partial charge in [-0.3, -0.25) is 4.90 Å². The molecule has 2 unspecified atom stereocenters. The number of hydrogen-bond donors (Lipinski definition) is 1. The van der Waals surface area contributed by atoms with Crippen LogP contribution >= 0.6 is 0 Å². The number of rotatable bonds is 1. The number of hydrogen-bond acceptors (Lipinski definition) is 3. The first-order chi connectivity index (χ1) is 8.99. The smallest absolute Gasteiger partial charge is 0.129 e. The fraction of sp³-hybridized carbons (Fsp3) is 0.600. The molecule has 0 spiro atoms. The molecule has 3 nitrogen and oxygen atoms in total. The normalized spacial score (nSPS) is 35.4. The maximum absolute atomic E-state index is 14.1. The van der Waals surface area contributed by atoms with Crippen LogP contribution in [0.4, 0.5) is 4.39 Å². The number of fused-ring (bicyclic) bond motifs is 2. The van der Waals surface area contributed by atoms with E-state index in [9.17, 15) is 9.50 Å². The molecule has 2 atom stereocenters. The standard InChI is InChI=1S/C15H20FNO2/c1-10-3-4-13(14(16)5-10)15(18)6-11-8-19-9-12(7-15)17(11)2/h3-5,11-12,18H,6-9H2,1-2H3. The van der Waals surface area contributed by atoms with E-state index in [0.29, 0.717) is 31.6 Å². The van der Waals surface area contributed by atoms with Crippen LogP contribution in [0.2, 0.25) is 0 Å². The van der Waals surface area contributed by atoms with Gasteiger partial charge in [-0.05, 0) is 38.4 Å². The number of ether oxygens (including phenoxy) is 1. The summed E-state index contributed by atoms with van der Waals surface area (Å²) < 4.78 is 19.7. The van der Waals surface area contributed by atoms with Gasteiger partial charge in [0.2, 0.25) is 0 Å². The molecule has 0 aliphatic carbocycles. The van der Waals surface area contributed by atoms with Crippen molar-refractivity contribution in [3.05, 3.63) is 35.1 Å². The van der Waals surface area contributed by atoms with Gasteiger partial charge in [0.15, 0.2) is 0 Å². The highest BCUT2D eigenvalue weighted by Crippen LogP contribution is 2.41. The number of aryl methyl sites for hydroxylation is 1. The average molecular weight is 265 g/mol. The summed E-state index contributed by atoms with van der Waals surface area (Å²) in [6.07, 6.45) is 1.06. The lowest BCUT2D eigenvalue weighted by molar-refractivity contribution is -0.138. The first-order valence-corrected chi connectivity index (χ1v) is 6.78. The van der Waals surface area contributed by atoms with E-state index < -0.39 is 5.60 Å². The van der Waals surface area contributed by atoms with E-state index in [4.69, 9.17) is 4.74 Å². The number of nitrogens with zero attached hydrogens (tertiary/aromatic N) is 1. The Morgan fingerprint density at radius 3 is 2.53 bits per heavy atom. The predicted molar refractivity (Wildman–Crippen MR) is 70.4 cm³/mol. The molecule has 1 N–H and O–H groups in total. The van der Waals surface area contributed by atoms with Crippen molar-refractivity contribution in [2.45, 2.75) is 37.5 Å². The van der Waals surface area contributed by atoms with E-state index in [0.717, 1.165) is 5.56 Å². The monoisotopic (exact) mass is 265 g/mol. The van der Waals surface area contributed by atoms with Crippen molar-refractivity contribution in [2.75, 3.05) is 20.3 Å². The maximum Gasteiger partial charge on any atom is 0.129 e. The Kier molecular flexibility index (Phi) is 3.12. The number of likely N-dealkylation sites (N-methyl/N-ethyl adjacent to an activating group) is 1. The highest BCUT2D eigenvalue weighted by Gasteiger charge is 2.46. The van der Waals surface area contributed by atoms with Gasteiger partial charge in [0.25, 0.3) is 0 Å². The summed E-state index contributed by atoms with van der Waals surface area (Å²) in [7, 11) is 2.06. The summed E-state index contributed by atoms with van der Waals surface area (Å²) >= 11 is 0. The summed E-state index contributed by atoms with van der Waals surface area (Å²) in [5.74, 6) is -0.300. The molecule has 4 heteroatoms. The number of halogens is 1. The van der Waals surface area contributed by atoms with Gasteiger partial charge in [-0.2, -0.15) is 0 Å². The van der Waals surface area contributed by atoms with E-state index in [1.54, 1.807) is 6.07 Å². The van der Waals surface area contributed by atoms with Crippen molar-refractivity contribution in [1.29, 1.82) is 0 Å². The zero-order valence-corrected chi connectivity index (χ0v) is 11.4. The minimum Gasteiger partial charge on any atom is -0.385 e. The van der Waals surface area contributed by atoms with Crippen LogP contribution in [0, 0.1) is 12.7 Å². The molecule has 2 aliphatic rings. The van der Waals surface area contributed by atoms with Gasteiger partial charge in [-0.1, -0.05) is 12.1 Å². The Labute approximate surface area is 113 Å². The molecule has 1 aromatic rings. The van der Waals surface area contributed by atoms with Crippen LogP contribution in [0.5, 0.6) is 0 Å². The molecule has 1 aromatic carbocycles. The third-order valence-corrected chi connectivity index (χ3v) is 4.54. The minimum atomic E-state index is -1.07. The number of morpholine rings is 1. The average Bonchev–Trinajstić information content (AvgIpc) is 2.31. The Balaban J connectivity index is 1.95. The van der Waals surface area contributed by atoms with Gasteiger partial charge in [0.05, 0.1) is 18.8 Å². The molecule has 2 saturated heterocycles. The van der Waals surface area contributed by atoms with Crippen LogP contribution in [0.25, 0.3) is 0 Å². The van der Waals surface area contributed by atoms with E-state index in [1.807, 2.05) is 13.0 Å². The van der Waals surface area contributed by atoms with Crippen LogP contribution in [-0.4, -0.2) is 42.4 Å². The lowest BCUT2D eigenvalue weighted by Gasteiger charge is -2.50. The minimum absolute atomic E-state index is 0.165. The van der Waals surface area contributed by atoms with Gasteiger partial charge < -0.3 is 9.84 Å². The Bertz CT molecular complexity index is 477. The van der Waals surface area contributed by atoms with Crippen molar-refractivity contribution < 1.29 is 14.2 Å². The van der Waals surface area contributed by atoms with E-state index in [2.05, 4.69) is 11.9 Å². The Hall–Kier alpha value is -0.970. The number of benzene rings is 1. The van der Waals surface area contributed by atoms with Gasteiger partial charge in [0.1, 0.15) is 5.82 Å². The summed E-state index contributed by atoms with van der Waals surface area (Å²) in [5, 5.41) is 10.9. The largest absolute Gasteiger partial charge is 0.385 e. The topological polar surface area (TPSA) is 32.7 Å². The van der Waals surface area contributed by atoms with Crippen LogP contribution < -0.4 is 0 Å². The fourth-order valence-corrected chi connectivity index (χ4v) is 3.36. The van der Waals surface area contributed by atoms with Gasteiger partial charge in [-0.15, -0.1) is 0 Å². The molecule has 19 heavy (non-hydrogen) atoms. The molecule has 2 aliphatic heterocycles. The molecule has 3 rings (SSSR count). The SMILES string of the molecule is Cc1ccc(C2(O)CC3COCC(C2)N3C)c(F)c1. The molecule has 2 bridgehead atoms. The molecule has 0 amide bonds. The van der Waals surface area contributed by atoms with Gasteiger partial charge >= 0.3 is 0 Å². The molecule has 2 heterocycles. The van der Waals surface area contributed by atoms with Crippen molar-refractivity contribution in [3.63, 3.8) is 0 Å². The molecule has 2 fully saturated rings. The zero-order chi connectivity index (χ0) is 13.6. The summed E-state index contributed by atoms with van der Waals surface area (Å²) in [6, 6.07) is 5.42. The molecular formula is C15H20FNO2. The van der Waals surface area contributed by atoms with E-state index in [-0.39, 0.29) is 17.9 Å².